The number of carboxylic acids is 2. The predicted octanol–water partition coefficient (Wildman–Crippen LogP) is 2.62. The summed E-state index contributed by atoms with van der Waals surface area (Å²) < 4.78 is 0. The Bertz CT molecular complexity index is 929. The number of hydrogen-bond donors (Lipinski definition) is 5. The molecule has 0 atom stereocenters. The minimum Gasteiger partial charge on any atom is -0.507 e. The van der Waals surface area contributed by atoms with Gasteiger partial charge in [-0.3, -0.25) is 14.4 Å². The van der Waals surface area contributed by atoms with Crippen molar-refractivity contribution in [3.8, 4) is 5.75 Å². The fraction of sp³-hybridized carbons (Fsp3) is 0.158. The molecule has 9 nitrogen and oxygen atoms in total. The van der Waals surface area contributed by atoms with Crippen LogP contribution in [-0.2, 0) is 14.4 Å². The maximum Gasteiger partial charge on any atom is 0.339 e. The van der Waals surface area contributed by atoms with Gasteiger partial charge < -0.3 is 26.0 Å². The molecule has 152 valence electrons. The van der Waals surface area contributed by atoms with Crippen molar-refractivity contribution in [3.63, 3.8) is 0 Å². The molecule has 0 heterocycles. The summed E-state index contributed by atoms with van der Waals surface area (Å²) in [4.78, 5) is 45.9. The van der Waals surface area contributed by atoms with Gasteiger partial charge in [0.1, 0.15) is 11.3 Å². The third kappa shape index (κ3) is 7.18. The van der Waals surface area contributed by atoms with Crippen molar-refractivity contribution in [2.75, 3.05) is 16.4 Å². The highest BCUT2D eigenvalue weighted by atomic mass is 32.2. The van der Waals surface area contributed by atoms with Crippen LogP contribution in [0.25, 0.3) is 0 Å². The summed E-state index contributed by atoms with van der Waals surface area (Å²) in [5.74, 6) is -3.43. The first-order valence-corrected chi connectivity index (χ1v) is 9.34. The molecule has 29 heavy (non-hydrogen) atoms. The minimum atomic E-state index is -1.30. The van der Waals surface area contributed by atoms with E-state index in [1.807, 2.05) is 0 Å². The number of aromatic hydroxyl groups is 1. The molecule has 2 rings (SSSR count). The molecule has 0 unspecified atom stereocenters. The Labute approximate surface area is 169 Å². The lowest BCUT2D eigenvalue weighted by molar-refractivity contribution is -0.138. The van der Waals surface area contributed by atoms with Gasteiger partial charge in [0.25, 0.3) is 0 Å². The Hall–Kier alpha value is -3.53. The van der Waals surface area contributed by atoms with E-state index in [-0.39, 0.29) is 41.5 Å². The number of phenols is 1. The van der Waals surface area contributed by atoms with Crippen molar-refractivity contribution in [2.24, 2.45) is 0 Å². The van der Waals surface area contributed by atoms with Gasteiger partial charge in [0.15, 0.2) is 0 Å². The molecule has 0 aliphatic rings. The number of aromatic carboxylic acids is 1. The molecular weight excluding hydrogens is 400 g/mol. The molecule has 0 aromatic heterocycles. The quantitative estimate of drug-likeness (QED) is 0.308. The van der Waals surface area contributed by atoms with Gasteiger partial charge in [-0.05, 0) is 42.5 Å². The first-order valence-electron chi connectivity index (χ1n) is 8.35. The van der Waals surface area contributed by atoms with Gasteiger partial charge in [-0.2, -0.15) is 0 Å². The number of anilines is 2. The van der Waals surface area contributed by atoms with E-state index in [0.29, 0.717) is 5.69 Å². The predicted molar refractivity (Wildman–Crippen MR) is 106 cm³/mol. The smallest absolute Gasteiger partial charge is 0.339 e. The molecule has 10 heteroatoms. The highest BCUT2D eigenvalue weighted by Crippen LogP contribution is 2.23. The molecule has 2 amide bonds. The largest absolute Gasteiger partial charge is 0.507 e. The number of hydrogen-bond acceptors (Lipinski definition) is 6. The van der Waals surface area contributed by atoms with Gasteiger partial charge in [-0.15, -0.1) is 11.8 Å². The maximum atomic E-state index is 12.0. The van der Waals surface area contributed by atoms with E-state index in [9.17, 15) is 24.3 Å². The van der Waals surface area contributed by atoms with Crippen LogP contribution in [-0.4, -0.2) is 44.8 Å². The molecule has 2 aromatic carbocycles. The molecule has 0 radical (unpaired) electrons. The second kappa shape index (κ2) is 10.1. The molecule has 0 spiro atoms. The summed E-state index contributed by atoms with van der Waals surface area (Å²) in [6.45, 7) is 0. The van der Waals surface area contributed by atoms with Gasteiger partial charge in [0.05, 0.1) is 12.2 Å². The standard InChI is InChI=1S/C19H18N2O7S/c22-15-6-3-12(9-14(15)19(27)28)21-17(24)10-29-13-4-1-11(2-5-13)20-16(23)7-8-18(25)26/h1-6,9,22H,7-8,10H2,(H,20,23)(H,21,24)(H,25,26)(H,27,28). The second-order valence-corrected chi connectivity index (χ2v) is 6.89. The zero-order chi connectivity index (χ0) is 21.4. The van der Waals surface area contributed by atoms with Crippen LogP contribution in [0.3, 0.4) is 0 Å². The Morgan fingerprint density at radius 2 is 1.45 bits per heavy atom. The first kappa shape index (κ1) is 21.8. The number of carbonyl (C=O) groups is 4. The molecule has 2 aromatic rings. The van der Waals surface area contributed by atoms with Gasteiger partial charge in [0, 0.05) is 22.7 Å². The lowest BCUT2D eigenvalue weighted by Gasteiger charge is -2.08. The molecule has 0 aliphatic heterocycles. The van der Waals surface area contributed by atoms with Crippen LogP contribution >= 0.6 is 11.8 Å². The van der Waals surface area contributed by atoms with Crippen LogP contribution in [0.2, 0.25) is 0 Å². The number of benzene rings is 2. The number of aliphatic carboxylic acids is 1. The van der Waals surface area contributed by atoms with E-state index in [1.54, 1.807) is 24.3 Å². The van der Waals surface area contributed by atoms with Crippen LogP contribution in [0, 0.1) is 0 Å². The van der Waals surface area contributed by atoms with Crippen molar-refractivity contribution in [2.45, 2.75) is 17.7 Å². The lowest BCUT2D eigenvalue weighted by atomic mass is 10.2. The van der Waals surface area contributed by atoms with Crippen molar-refractivity contribution in [1.82, 2.24) is 0 Å². The van der Waals surface area contributed by atoms with E-state index in [1.165, 1.54) is 30.0 Å². The average Bonchev–Trinajstić information content (AvgIpc) is 2.67. The normalized spacial score (nSPS) is 10.2. The van der Waals surface area contributed by atoms with Gasteiger partial charge >= 0.3 is 11.9 Å². The monoisotopic (exact) mass is 418 g/mol. The molecule has 0 saturated heterocycles. The number of rotatable bonds is 9. The first-order chi connectivity index (χ1) is 13.7. The Balaban J connectivity index is 1.84. The van der Waals surface area contributed by atoms with Crippen molar-refractivity contribution in [1.29, 1.82) is 0 Å². The fourth-order valence-corrected chi connectivity index (χ4v) is 2.91. The second-order valence-electron chi connectivity index (χ2n) is 5.84. The Kier molecular flexibility index (Phi) is 7.61. The van der Waals surface area contributed by atoms with Gasteiger partial charge in [-0.1, -0.05) is 0 Å². The van der Waals surface area contributed by atoms with E-state index in [0.717, 1.165) is 4.90 Å². The SMILES string of the molecule is O=C(O)CCC(=O)Nc1ccc(SCC(=O)Nc2ccc(O)c(C(=O)O)c2)cc1. The average molecular weight is 418 g/mol. The van der Waals surface area contributed by atoms with Crippen molar-refractivity contribution < 1.29 is 34.5 Å². The Morgan fingerprint density at radius 1 is 0.828 bits per heavy atom. The van der Waals surface area contributed by atoms with Crippen LogP contribution < -0.4 is 10.6 Å². The number of carbonyl (C=O) groups excluding carboxylic acids is 2. The number of nitrogens with one attached hydrogen (secondary N) is 2. The topological polar surface area (TPSA) is 153 Å². The number of thioether (sulfide) groups is 1. The van der Waals surface area contributed by atoms with Crippen LogP contribution in [0.1, 0.15) is 23.2 Å². The van der Waals surface area contributed by atoms with Gasteiger partial charge in [0.2, 0.25) is 11.8 Å². The summed E-state index contributed by atoms with van der Waals surface area (Å²) in [6, 6.07) is 10.4. The van der Waals surface area contributed by atoms with E-state index < -0.39 is 17.8 Å². The molecular formula is C19H18N2O7S. The maximum absolute atomic E-state index is 12.0. The Morgan fingerprint density at radius 3 is 2.07 bits per heavy atom. The molecule has 0 bridgehead atoms. The number of amides is 2. The van der Waals surface area contributed by atoms with Crippen molar-refractivity contribution >= 4 is 46.9 Å². The third-order valence-electron chi connectivity index (χ3n) is 3.58. The number of carboxylic acid groups (broad SMARTS) is 2. The van der Waals surface area contributed by atoms with Crippen molar-refractivity contribution in [3.05, 3.63) is 48.0 Å². The highest BCUT2D eigenvalue weighted by Gasteiger charge is 2.12. The summed E-state index contributed by atoms with van der Waals surface area (Å²) in [7, 11) is 0. The summed E-state index contributed by atoms with van der Waals surface area (Å²) in [5, 5.41) is 32.1. The van der Waals surface area contributed by atoms with Crippen LogP contribution in [0.15, 0.2) is 47.4 Å². The minimum absolute atomic E-state index is 0.0631. The van der Waals surface area contributed by atoms with Crippen LogP contribution in [0.5, 0.6) is 5.75 Å². The molecule has 0 saturated carbocycles. The lowest BCUT2D eigenvalue weighted by Crippen LogP contribution is -2.14. The van der Waals surface area contributed by atoms with E-state index in [2.05, 4.69) is 10.6 Å². The zero-order valence-electron chi connectivity index (χ0n) is 15.0. The molecule has 5 N–H and O–H groups in total. The zero-order valence-corrected chi connectivity index (χ0v) is 15.9. The van der Waals surface area contributed by atoms with E-state index in [4.69, 9.17) is 10.2 Å². The van der Waals surface area contributed by atoms with Crippen LogP contribution in [0.4, 0.5) is 11.4 Å². The van der Waals surface area contributed by atoms with E-state index >= 15 is 0 Å². The third-order valence-corrected chi connectivity index (χ3v) is 4.60. The molecule has 0 fully saturated rings. The summed E-state index contributed by atoms with van der Waals surface area (Å²) >= 11 is 1.24. The highest BCUT2D eigenvalue weighted by molar-refractivity contribution is 8.00. The fourth-order valence-electron chi connectivity index (χ4n) is 2.21. The molecule has 0 aliphatic carbocycles. The summed E-state index contributed by atoms with van der Waals surface area (Å²) in [6.07, 6.45) is -0.364. The van der Waals surface area contributed by atoms with Gasteiger partial charge in [-0.25, -0.2) is 4.79 Å². The summed E-state index contributed by atoms with van der Waals surface area (Å²) in [5.41, 5.74) is 0.459.